The second-order valence-electron chi connectivity index (χ2n) is 4.58. The molecule has 1 fully saturated rings. The Morgan fingerprint density at radius 1 is 1.32 bits per heavy atom. The highest BCUT2D eigenvalue weighted by Crippen LogP contribution is 2.61. The van der Waals surface area contributed by atoms with Crippen LogP contribution in [-0.4, -0.2) is 19.6 Å². The lowest BCUT2D eigenvalue weighted by atomic mass is 9.93. The third-order valence-corrected chi connectivity index (χ3v) is 3.51. The summed E-state index contributed by atoms with van der Waals surface area (Å²) in [5.41, 5.74) is 2.87. The van der Waals surface area contributed by atoms with Crippen molar-refractivity contribution >= 4 is 0 Å². The normalized spacial score (nSPS) is 25.2. The first-order valence-electron chi connectivity index (χ1n) is 5.51. The van der Waals surface area contributed by atoms with E-state index in [2.05, 4.69) is 4.74 Å². The van der Waals surface area contributed by atoms with Gasteiger partial charge in [0, 0.05) is 13.0 Å². The molecule has 19 heavy (non-hydrogen) atoms. The van der Waals surface area contributed by atoms with E-state index in [9.17, 15) is 22.0 Å². The van der Waals surface area contributed by atoms with E-state index in [-0.39, 0.29) is 12.1 Å². The molecule has 1 atom stereocenters. The number of benzene rings is 1. The summed E-state index contributed by atoms with van der Waals surface area (Å²) in [6.45, 7) is -0.325. The van der Waals surface area contributed by atoms with Gasteiger partial charge in [-0.25, -0.2) is 8.78 Å². The van der Waals surface area contributed by atoms with Crippen LogP contribution in [0.3, 0.4) is 0 Å². The fourth-order valence-electron chi connectivity index (χ4n) is 2.21. The molecule has 0 heterocycles. The van der Waals surface area contributed by atoms with Crippen molar-refractivity contribution < 1.29 is 26.7 Å². The van der Waals surface area contributed by atoms with E-state index in [0.717, 1.165) is 25.3 Å². The van der Waals surface area contributed by atoms with Crippen LogP contribution in [0.2, 0.25) is 0 Å². The van der Waals surface area contributed by atoms with Crippen LogP contribution in [-0.2, 0) is 11.6 Å². The number of hydrogen-bond donors (Lipinski definition) is 1. The van der Waals surface area contributed by atoms with E-state index in [4.69, 9.17) is 5.73 Å². The molecule has 1 unspecified atom stereocenters. The van der Waals surface area contributed by atoms with Crippen LogP contribution in [0.5, 0.6) is 5.75 Å². The van der Waals surface area contributed by atoms with Crippen molar-refractivity contribution in [2.75, 3.05) is 13.7 Å². The zero-order valence-electron chi connectivity index (χ0n) is 10.0. The van der Waals surface area contributed by atoms with Gasteiger partial charge in [0.2, 0.25) is 0 Å². The average molecular weight is 281 g/mol. The Morgan fingerprint density at radius 2 is 1.89 bits per heavy atom. The Labute approximate surface area is 106 Å². The summed E-state index contributed by atoms with van der Waals surface area (Å²) < 4.78 is 69.4. The lowest BCUT2D eigenvalue weighted by Gasteiger charge is -2.18. The molecule has 0 bridgehead atoms. The number of rotatable bonds is 3. The van der Waals surface area contributed by atoms with Crippen molar-refractivity contribution in [3.05, 3.63) is 29.3 Å². The summed E-state index contributed by atoms with van der Waals surface area (Å²) in [6.07, 6.45) is -5.04. The lowest BCUT2D eigenvalue weighted by Crippen LogP contribution is -2.27. The highest BCUT2D eigenvalue weighted by molar-refractivity contribution is 5.47. The van der Waals surface area contributed by atoms with Crippen LogP contribution < -0.4 is 10.5 Å². The van der Waals surface area contributed by atoms with Crippen molar-refractivity contribution in [2.45, 2.75) is 23.9 Å². The minimum Gasteiger partial charge on any atom is -0.496 e. The number of alkyl halides is 5. The minimum atomic E-state index is -4.59. The molecule has 0 spiro atoms. The van der Waals surface area contributed by atoms with Crippen LogP contribution in [0.15, 0.2) is 18.2 Å². The van der Waals surface area contributed by atoms with Gasteiger partial charge in [-0.3, -0.25) is 0 Å². The standard InChI is InChI=1S/C12H12F5NO/c1-19-9-4-7(2-3-8(9)12(15,16)17)10(6-18)5-11(10,13)14/h2-4H,5-6,18H2,1H3. The molecule has 0 aromatic heterocycles. The summed E-state index contributed by atoms with van der Waals surface area (Å²) in [5, 5.41) is 0. The molecule has 0 aliphatic heterocycles. The van der Waals surface area contributed by atoms with Gasteiger partial charge in [-0.05, 0) is 17.7 Å². The maximum atomic E-state index is 13.4. The smallest absolute Gasteiger partial charge is 0.419 e. The predicted octanol–water partition coefficient (Wildman–Crippen LogP) is 2.95. The second kappa shape index (κ2) is 4.06. The Hall–Kier alpha value is -1.37. The fourth-order valence-corrected chi connectivity index (χ4v) is 2.21. The van der Waals surface area contributed by atoms with Crippen LogP contribution >= 0.6 is 0 Å². The van der Waals surface area contributed by atoms with Gasteiger partial charge in [0.25, 0.3) is 5.92 Å². The van der Waals surface area contributed by atoms with Gasteiger partial charge >= 0.3 is 6.18 Å². The zero-order chi connectivity index (χ0) is 14.5. The molecular formula is C12H12F5NO. The number of hydrogen-bond acceptors (Lipinski definition) is 2. The summed E-state index contributed by atoms with van der Waals surface area (Å²) in [6, 6.07) is 2.79. The monoisotopic (exact) mass is 281 g/mol. The molecule has 0 saturated heterocycles. The molecule has 7 heteroatoms. The quantitative estimate of drug-likeness (QED) is 0.865. The number of ether oxygens (including phenoxy) is 1. The molecule has 0 amide bonds. The van der Waals surface area contributed by atoms with Gasteiger partial charge in [0.05, 0.1) is 18.1 Å². The van der Waals surface area contributed by atoms with Gasteiger partial charge in [-0.1, -0.05) is 6.07 Å². The molecule has 2 N–H and O–H groups in total. The van der Waals surface area contributed by atoms with Gasteiger partial charge < -0.3 is 10.5 Å². The maximum absolute atomic E-state index is 13.4. The van der Waals surface area contributed by atoms with Crippen LogP contribution in [0, 0.1) is 0 Å². The molecular weight excluding hydrogens is 269 g/mol. The zero-order valence-corrected chi connectivity index (χ0v) is 10.0. The van der Waals surface area contributed by atoms with E-state index in [1.165, 1.54) is 0 Å². The number of nitrogens with two attached hydrogens (primary N) is 1. The summed E-state index contributed by atoms with van der Waals surface area (Å²) in [5.74, 6) is -3.45. The summed E-state index contributed by atoms with van der Waals surface area (Å²) in [7, 11) is 1.06. The third-order valence-electron chi connectivity index (χ3n) is 3.51. The highest BCUT2D eigenvalue weighted by Gasteiger charge is 2.71. The largest absolute Gasteiger partial charge is 0.496 e. The van der Waals surface area contributed by atoms with Crippen molar-refractivity contribution in [1.29, 1.82) is 0 Å². The molecule has 106 valence electrons. The average Bonchev–Trinajstić information content (AvgIpc) is 2.91. The van der Waals surface area contributed by atoms with Crippen molar-refractivity contribution in [1.82, 2.24) is 0 Å². The Kier molecular flexibility index (Phi) is 3.00. The topological polar surface area (TPSA) is 35.2 Å². The molecule has 0 radical (unpaired) electrons. The van der Waals surface area contributed by atoms with E-state index in [1.54, 1.807) is 0 Å². The fraction of sp³-hybridized carbons (Fsp3) is 0.500. The number of methoxy groups -OCH3 is 1. The van der Waals surface area contributed by atoms with E-state index >= 15 is 0 Å². The van der Waals surface area contributed by atoms with Gasteiger partial charge in [-0.15, -0.1) is 0 Å². The van der Waals surface area contributed by atoms with Crippen molar-refractivity contribution in [2.24, 2.45) is 5.73 Å². The summed E-state index contributed by atoms with van der Waals surface area (Å²) >= 11 is 0. The first kappa shape index (κ1) is 14.0. The van der Waals surface area contributed by atoms with Crippen molar-refractivity contribution in [3.8, 4) is 5.75 Å². The highest BCUT2D eigenvalue weighted by atomic mass is 19.4. The first-order chi connectivity index (χ1) is 8.68. The minimum absolute atomic E-state index is 0.0739. The Balaban J connectivity index is 2.47. The van der Waals surface area contributed by atoms with Gasteiger partial charge in [0.15, 0.2) is 0 Å². The van der Waals surface area contributed by atoms with E-state index in [1.807, 2.05) is 0 Å². The molecule has 1 aromatic rings. The second-order valence-corrected chi connectivity index (χ2v) is 4.58. The van der Waals surface area contributed by atoms with Crippen molar-refractivity contribution in [3.63, 3.8) is 0 Å². The number of halogens is 5. The first-order valence-corrected chi connectivity index (χ1v) is 5.51. The van der Waals surface area contributed by atoms with Crippen LogP contribution in [0.1, 0.15) is 17.5 Å². The maximum Gasteiger partial charge on any atom is 0.419 e. The van der Waals surface area contributed by atoms with Gasteiger partial charge in [0.1, 0.15) is 5.75 Å². The summed E-state index contributed by atoms with van der Waals surface area (Å²) in [4.78, 5) is 0. The molecule has 1 aromatic carbocycles. The molecule has 1 aliphatic rings. The molecule has 2 nitrogen and oxygen atoms in total. The molecule has 1 saturated carbocycles. The molecule has 1 aliphatic carbocycles. The van der Waals surface area contributed by atoms with E-state index in [0.29, 0.717) is 0 Å². The molecule has 2 rings (SSSR count). The van der Waals surface area contributed by atoms with Crippen LogP contribution in [0.4, 0.5) is 22.0 Å². The third kappa shape index (κ3) is 2.05. The Bertz CT molecular complexity index is 499. The predicted molar refractivity (Wildman–Crippen MR) is 58.3 cm³/mol. The lowest BCUT2D eigenvalue weighted by molar-refractivity contribution is -0.138. The SMILES string of the molecule is COc1cc(C2(CN)CC2(F)F)ccc1C(F)(F)F. The Morgan fingerprint density at radius 3 is 2.26 bits per heavy atom. The van der Waals surface area contributed by atoms with Gasteiger partial charge in [-0.2, -0.15) is 13.2 Å². The van der Waals surface area contributed by atoms with Crippen LogP contribution in [0.25, 0.3) is 0 Å². The van der Waals surface area contributed by atoms with E-state index < -0.39 is 35.2 Å².